The van der Waals surface area contributed by atoms with Crippen LogP contribution in [0.3, 0.4) is 0 Å². The molecule has 120 valence electrons. The largest absolute Gasteiger partial charge is 0.374 e. The molecular weight excluding hydrogens is 272 g/mol. The van der Waals surface area contributed by atoms with Gasteiger partial charge in [-0.25, -0.2) is 0 Å². The molecule has 0 saturated carbocycles. The van der Waals surface area contributed by atoms with Crippen molar-refractivity contribution in [3.63, 3.8) is 0 Å². The van der Waals surface area contributed by atoms with Crippen molar-refractivity contribution in [3.05, 3.63) is 0 Å². The summed E-state index contributed by atoms with van der Waals surface area (Å²) in [7, 11) is 2.06. The molecule has 2 amide bonds. The third-order valence-electron chi connectivity index (χ3n) is 4.14. The number of morpholine rings is 1. The van der Waals surface area contributed by atoms with Gasteiger partial charge in [-0.1, -0.05) is 0 Å². The van der Waals surface area contributed by atoms with Gasteiger partial charge in [0, 0.05) is 26.2 Å². The van der Waals surface area contributed by atoms with Crippen molar-refractivity contribution in [1.29, 1.82) is 0 Å². The van der Waals surface area contributed by atoms with Gasteiger partial charge in [-0.3, -0.25) is 9.59 Å². The summed E-state index contributed by atoms with van der Waals surface area (Å²) in [5, 5.41) is 3.14. The van der Waals surface area contributed by atoms with Crippen molar-refractivity contribution in [2.45, 2.75) is 31.4 Å². The molecule has 0 unspecified atom stereocenters. The normalized spacial score (nSPS) is 27.6. The van der Waals surface area contributed by atoms with E-state index in [-0.39, 0.29) is 18.6 Å². The van der Waals surface area contributed by atoms with Crippen LogP contribution in [-0.2, 0) is 14.3 Å². The van der Waals surface area contributed by atoms with E-state index < -0.39 is 11.9 Å². The summed E-state index contributed by atoms with van der Waals surface area (Å²) in [6, 6.07) is -0.440. The third-order valence-corrected chi connectivity index (χ3v) is 4.14. The standard InChI is InChI=1S/C14H26N4O3/c1-17-6-7-21-11(10-17)8-16-9-13(19)18-5-3-2-4-12(18)14(15)20/h11-12,16H,2-10H2,1H3,(H2,15,20)/t11-,12+/m1/s1. The van der Waals surface area contributed by atoms with Gasteiger partial charge in [0.2, 0.25) is 11.8 Å². The van der Waals surface area contributed by atoms with E-state index >= 15 is 0 Å². The summed E-state index contributed by atoms with van der Waals surface area (Å²) >= 11 is 0. The number of carbonyl (C=O) groups excluding carboxylic acids is 2. The Morgan fingerprint density at radius 1 is 1.33 bits per heavy atom. The fraction of sp³-hybridized carbons (Fsp3) is 0.857. The number of nitrogens with zero attached hydrogens (tertiary/aromatic N) is 2. The molecule has 2 rings (SSSR count). The number of primary amides is 1. The molecule has 0 spiro atoms. The van der Waals surface area contributed by atoms with Crippen molar-refractivity contribution < 1.29 is 14.3 Å². The first-order valence-electron chi connectivity index (χ1n) is 7.67. The number of ether oxygens (including phenoxy) is 1. The molecule has 2 saturated heterocycles. The van der Waals surface area contributed by atoms with Crippen LogP contribution in [-0.4, -0.2) is 80.1 Å². The molecule has 2 fully saturated rings. The lowest BCUT2D eigenvalue weighted by Crippen LogP contribution is -2.53. The van der Waals surface area contributed by atoms with Crippen molar-refractivity contribution in [1.82, 2.24) is 15.1 Å². The summed E-state index contributed by atoms with van der Waals surface area (Å²) in [6.45, 7) is 4.04. The maximum atomic E-state index is 12.2. The van der Waals surface area contributed by atoms with E-state index in [2.05, 4.69) is 17.3 Å². The highest BCUT2D eigenvalue weighted by Crippen LogP contribution is 2.16. The van der Waals surface area contributed by atoms with E-state index in [9.17, 15) is 9.59 Å². The van der Waals surface area contributed by atoms with Crippen LogP contribution >= 0.6 is 0 Å². The van der Waals surface area contributed by atoms with Gasteiger partial charge in [0.05, 0.1) is 19.3 Å². The van der Waals surface area contributed by atoms with Crippen LogP contribution < -0.4 is 11.1 Å². The second kappa shape index (κ2) is 7.72. The van der Waals surface area contributed by atoms with Crippen LogP contribution in [0.15, 0.2) is 0 Å². The number of amides is 2. The minimum Gasteiger partial charge on any atom is -0.374 e. The van der Waals surface area contributed by atoms with Crippen molar-refractivity contribution >= 4 is 11.8 Å². The van der Waals surface area contributed by atoms with Crippen LogP contribution in [0.25, 0.3) is 0 Å². The molecule has 0 aromatic rings. The highest BCUT2D eigenvalue weighted by atomic mass is 16.5. The number of nitrogens with one attached hydrogen (secondary N) is 1. The van der Waals surface area contributed by atoms with E-state index in [1.54, 1.807) is 4.90 Å². The lowest BCUT2D eigenvalue weighted by atomic mass is 10.0. The maximum Gasteiger partial charge on any atom is 0.240 e. The Morgan fingerprint density at radius 3 is 2.86 bits per heavy atom. The van der Waals surface area contributed by atoms with E-state index in [1.165, 1.54) is 0 Å². The van der Waals surface area contributed by atoms with Gasteiger partial charge in [-0.15, -0.1) is 0 Å². The average molecular weight is 298 g/mol. The lowest BCUT2D eigenvalue weighted by Gasteiger charge is -2.34. The minimum absolute atomic E-state index is 0.0531. The number of likely N-dealkylation sites (N-methyl/N-ethyl adjacent to an activating group) is 1. The molecule has 3 N–H and O–H groups in total. The number of nitrogens with two attached hydrogens (primary N) is 1. The van der Waals surface area contributed by atoms with Crippen LogP contribution in [0, 0.1) is 0 Å². The van der Waals surface area contributed by atoms with E-state index in [0.717, 1.165) is 32.5 Å². The first-order chi connectivity index (χ1) is 10.1. The second-order valence-electron chi connectivity index (χ2n) is 5.89. The first-order valence-corrected chi connectivity index (χ1v) is 7.67. The van der Waals surface area contributed by atoms with E-state index in [4.69, 9.17) is 10.5 Å². The van der Waals surface area contributed by atoms with Gasteiger partial charge in [0.25, 0.3) is 0 Å². The first kappa shape index (κ1) is 16.2. The Hall–Kier alpha value is -1.18. The molecule has 7 nitrogen and oxygen atoms in total. The summed E-state index contributed by atoms with van der Waals surface area (Å²) in [6.07, 6.45) is 2.68. The Kier molecular flexibility index (Phi) is 5.96. The molecule has 2 atom stereocenters. The summed E-state index contributed by atoms with van der Waals surface area (Å²) in [4.78, 5) is 27.5. The van der Waals surface area contributed by atoms with Crippen molar-refractivity contribution in [3.8, 4) is 0 Å². The predicted octanol–water partition coefficient (Wildman–Crippen LogP) is -1.23. The molecule has 2 aliphatic heterocycles. The lowest BCUT2D eigenvalue weighted by molar-refractivity contribution is -0.140. The Labute approximate surface area is 125 Å². The van der Waals surface area contributed by atoms with Crippen LogP contribution in [0.1, 0.15) is 19.3 Å². The number of likely N-dealkylation sites (tertiary alicyclic amines) is 1. The second-order valence-corrected chi connectivity index (χ2v) is 5.89. The number of hydrogen-bond acceptors (Lipinski definition) is 5. The maximum absolute atomic E-state index is 12.2. The Morgan fingerprint density at radius 2 is 2.14 bits per heavy atom. The fourth-order valence-electron chi connectivity index (χ4n) is 2.96. The van der Waals surface area contributed by atoms with Gasteiger partial charge in [0.15, 0.2) is 0 Å². The Bertz CT molecular complexity index is 377. The van der Waals surface area contributed by atoms with Crippen LogP contribution in [0.4, 0.5) is 0 Å². The molecular formula is C14H26N4O3. The van der Waals surface area contributed by atoms with Gasteiger partial charge in [-0.2, -0.15) is 0 Å². The number of hydrogen-bond donors (Lipinski definition) is 2. The molecule has 0 bridgehead atoms. The molecule has 21 heavy (non-hydrogen) atoms. The zero-order chi connectivity index (χ0) is 15.2. The highest BCUT2D eigenvalue weighted by molar-refractivity contribution is 5.87. The Balaban J connectivity index is 1.74. The number of carbonyl (C=O) groups is 2. The van der Waals surface area contributed by atoms with Crippen LogP contribution in [0.5, 0.6) is 0 Å². The van der Waals surface area contributed by atoms with Gasteiger partial charge >= 0.3 is 0 Å². The zero-order valence-electron chi connectivity index (χ0n) is 12.7. The molecule has 2 aliphatic rings. The summed E-state index contributed by atoms with van der Waals surface area (Å²) in [5.41, 5.74) is 5.38. The third kappa shape index (κ3) is 4.66. The number of piperidine rings is 1. The zero-order valence-corrected chi connectivity index (χ0v) is 12.7. The number of rotatable bonds is 5. The summed E-state index contributed by atoms with van der Waals surface area (Å²) < 4.78 is 5.63. The molecule has 0 aromatic carbocycles. The van der Waals surface area contributed by atoms with Gasteiger partial charge in [0.1, 0.15) is 6.04 Å². The molecule has 0 aromatic heterocycles. The average Bonchev–Trinajstić information content (AvgIpc) is 2.47. The smallest absolute Gasteiger partial charge is 0.240 e. The van der Waals surface area contributed by atoms with Crippen LogP contribution in [0.2, 0.25) is 0 Å². The molecule has 0 radical (unpaired) electrons. The monoisotopic (exact) mass is 298 g/mol. The fourth-order valence-corrected chi connectivity index (χ4v) is 2.96. The van der Waals surface area contributed by atoms with Gasteiger partial charge < -0.3 is 25.6 Å². The predicted molar refractivity (Wildman–Crippen MR) is 78.7 cm³/mol. The van der Waals surface area contributed by atoms with E-state index in [1.807, 2.05) is 0 Å². The highest BCUT2D eigenvalue weighted by Gasteiger charge is 2.30. The minimum atomic E-state index is -0.440. The summed E-state index contributed by atoms with van der Waals surface area (Å²) in [5.74, 6) is -0.456. The van der Waals surface area contributed by atoms with Crippen molar-refractivity contribution in [2.24, 2.45) is 5.73 Å². The molecule has 0 aliphatic carbocycles. The topological polar surface area (TPSA) is 87.9 Å². The van der Waals surface area contributed by atoms with E-state index in [0.29, 0.717) is 19.5 Å². The SMILES string of the molecule is CN1CCO[C@H](CNCC(=O)N2CCCC[C@H]2C(N)=O)C1. The molecule has 7 heteroatoms. The quantitative estimate of drug-likeness (QED) is 0.664. The van der Waals surface area contributed by atoms with Gasteiger partial charge in [-0.05, 0) is 26.3 Å². The molecule has 2 heterocycles. The van der Waals surface area contributed by atoms with Crippen molar-refractivity contribution in [2.75, 3.05) is 46.4 Å².